The standard InChI is InChI=1S/C40H32N6O/c1-24(2)28-15-16-43-39(17-28)46-37-12-7-6-11-33(37)34-14-13-32(19-38(34)46)47-31-10-8-9-30(18-31)45-23-29(22-44-45)40-35(20-41)26(4)25(3)27(5)36(40)21-42/h6-19,22-24H,1-5H3. The van der Waals surface area contributed by atoms with Crippen LogP contribution in [-0.2, 0) is 0 Å². The van der Waals surface area contributed by atoms with Crippen molar-refractivity contribution in [1.29, 1.82) is 10.5 Å². The number of fused-ring (bicyclic) bond motifs is 3. The third-order valence-electron chi connectivity index (χ3n) is 9.10. The fourth-order valence-electron chi connectivity index (χ4n) is 6.32. The highest BCUT2D eigenvalue weighted by molar-refractivity contribution is 6.09. The van der Waals surface area contributed by atoms with Gasteiger partial charge in [-0.25, -0.2) is 9.67 Å². The molecule has 7 rings (SSSR count). The second kappa shape index (κ2) is 11.6. The van der Waals surface area contributed by atoms with Crippen molar-refractivity contribution in [2.24, 2.45) is 0 Å². The van der Waals surface area contributed by atoms with Crippen LogP contribution in [-0.4, -0.2) is 19.3 Å². The minimum Gasteiger partial charge on any atom is -0.457 e. The van der Waals surface area contributed by atoms with E-state index < -0.39 is 0 Å². The lowest BCUT2D eigenvalue weighted by Gasteiger charge is -2.14. The molecule has 0 saturated carbocycles. The van der Waals surface area contributed by atoms with Gasteiger partial charge in [-0.15, -0.1) is 0 Å². The van der Waals surface area contributed by atoms with E-state index in [4.69, 9.17) is 9.72 Å². The van der Waals surface area contributed by atoms with Crippen molar-refractivity contribution in [3.8, 4) is 46.3 Å². The first-order valence-electron chi connectivity index (χ1n) is 15.6. The van der Waals surface area contributed by atoms with Crippen molar-refractivity contribution >= 4 is 21.8 Å². The van der Waals surface area contributed by atoms with Crippen LogP contribution in [0.3, 0.4) is 0 Å². The van der Waals surface area contributed by atoms with E-state index in [1.54, 1.807) is 10.9 Å². The van der Waals surface area contributed by atoms with Gasteiger partial charge in [0.1, 0.15) is 29.5 Å². The predicted molar refractivity (Wildman–Crippen MR) is 185 cm³/mol. The average molecular weight is 613 g/mol. The molecule has 0 unspecified atom stereocenters. The Bertz CT molecular complexity index is 2390. The lowest BCUT2D eigenvalue weighted by Crippen LogP contribution is -2.00. The lowest BCUT2D eigenvalue weighted by atomic mass is 9.87. The molecule has 47 heavy (non-hydrogen) atoms. The van der Waals surface area contributed by atoms with Crippen molar-refractivity contribution in [2.45, 2.75) is 40.5 Å². The van der Waals surface area contributed by atoms with Gasteiger partial charge in [0.2, 0.25) is 0 Å². The van der Waals surface area contributed by atoms with E-state index in [2.05, 4.69) is 84.2 Å². The summed E-state index contributed by atoms with van der Waals surface area (Å²) >= 11 is 0. The molecule has 0 fully saturated rings. The summed E-state index contributed by atoms with van der Waals surface area (Å²) in [6, 6.07) is 31.1. The Labute approximate surface area is 273 Å². The number of rotatable bonds is 6. The second-order valence-electron chi connectivity index (χ2n) is 12.1. The molecule has 0 N–H and O–H groups in total. The van der Waals surface area contributed by atoms with Crippen LogP contribution in [0.4, 0.5) is 0 Å². The van der Waals surface area contributed by atoms with E-state index in [1.165, 1.54) is 5.56 Å². The maximum absolute atomic E-state index is 10.0. The molecule has 0 amide bonds. The fourth-order valence-corrected chi connectivity index (χ4v) is 6.32. The first-order valence-corrected chi connectivity index (χ1v) is 15.6. The first kappa shape index (κ1) is 29.5. The smallest absolute Gasteiger partial charge is 0.137 e. The van der Waals surface area contributed by atoms with Crippen LogP contribution in [0.25, 0.3) is 44.4 Å². The summed E-state index contributed by atoms with van der Waals surface area (Å²) in [7, 11) is 0. The highest BCUT2D eigenvalue weighted by Gasteiger charge is 2.21. The van der Waals surface area contributed by atoms with Crippen LogP contribution in [0.15, 0.2) is 97.5 Å². The summed E-state index contributed by atoms with van der Waals surface area (Å²) < 4.78 is 10.4. The molecule has 7 aromatic rings. The summed E-state index contributed by atoms with van der Waals surface area (Å²) in [6.07, 6.45) is 5.43. The van der Waals surface area contributed by atoms with Gasteiger partial charge in [0.25, 0.3) is 0 Å². The van der Waals surface area contributed by atoms with Gasteiger partial charge in [-0.2, -0.15) is 15.6 Å². The highest BCUT2D eigenvalue weighted by atomic mass is 16.5. The average Bonchev–Trinajstić information content (AvgIpc) is 3.70. The minimum absolute atomic E-state index is 0.383. The highest BCUT2D eigenvalue weighted by Crippen LogP contribution is 2.37. The molecule has 0 radical (unpaired) electrons. The number of hydrogen-bond donors (Lipinski definition) is 0. The first-order chi connectivity index (χ1) is 22.8. The van der Waals surface area contributed by atoms with E-state index in [1.807, 2.05) is 63.5 Å². The van der Waals surface area contributed by atoms with Crippen LogP contribution in [0.1, 0.15) is 53.1 Å². The molecule has 0 aliphatic heterocycles. The van der Waals surface area contributed by atoms with Crippen molar-refractivity contribution in [3.63, 3.8) is 0 Å². The molecule has 3 heterocycles. The van der Waals surface area contributed by atoms with Crippen LogP contribution in [0.5, 0.6) is 11.5 Å². The Balaban J connectivity index is 1.26. The summed E-state index contributed by atoms with van der Waals surface area (Å²) in [4.78, 5) is 4.76. The zero-order valence-corrected chi connectivity index (χ0v) is 26.9. The van der Waals surface area contributed by atoms with E-state index in [9.17, 15) is 10.5 Å². The van der Waals surface area contributed by atoms with Gasteiger partial charge in [0, 0.05) is 46.4 Å². The Morgan fingerprint density at radius 1 is 0.745 bits per heavy atom. The monoisotopic (exact) mass is 612 g/mol. The van der Waals surface area contributed by atoms with Crippen molar-refractivity contribution in [3.05, 3.63) is 131 Å². The van der Waals surface area contributed by atoms with E-state index in [-0.39, 0.29) is 0 Å². The number of pyridine rings is 1. The van der Waals surface area contributed by atoms with E-state index in [0.29, 0.717) is 39.7 Å². The predicted octanol–water partition coefficient (Wildman–Crippen LogP) is 9.62. The van der Waals surface area contributed by atoms with Crippen LogP contribution in [0, 0.1) is 43.4 Å². The van der Waals surface area contributed by atoms with Gasteiger partial charge in [-0.3, -0.25) is 4.57 Å². The fraction of sp³-hybridized carbons (Fsp3) is 0.150. The molecular formula is C40H32N6O. The zero-order chi connectivity index (χ0) is 32.8. The second-order valence-corrected chi connectivity index (χ2v) is 12.1. The molecule has 0 bridgehead atoms. The SMILES string of the molecule is Cc1c(C)c(C#N)c(-c2cnn(-c3cccc(Oc4ccc5c6ccccc6n(-c6cc(C(C)C)ccn6)c5c4)c3)c2)c(C#N)c1C. The summed E-state index contributed by atoms with van der Waals surface area (Å²) in [5, 5.41) is 26.9. The van der Waals surface area contributed by atoms with Crippen LogP contribution >= 0.6 is 0 Å². The number of para-hydroxylation sites is 1. The molecule has 0 aliphatic carbocycles. The molecular weight excluding hydrogens is 580 g/mol. The number of ether oxygens (including phenoxy) is 1. The topological polar surface area (TPSA) is 92.4 Å². The third-order valence-corrected chi connectivity index (χ3v) is 9.10. The quantitative estimate of drug-likeness (QED) is 0.186. The lowest BCUT2D eigenvalue weighted by molar-refractivity contribution is 0.483. The van der Waals surface area contributed by atoms with Gasteiger partial charge in [-0.05, 0) is 91.4 Å². The molecule has 7 nitrogen and oxygen atoms in total. The Morgan fingerprint density at radius 2 is 1.47 bits per heavy atom. The maximum Gasteiger partial charge on any atom is 0.137 e. The largest absolute Gasteiger partial charge is 0.457 e. The molecule has 3 aromatic heterocycles. The number of aromatic nitrogens is 4. The summed E-state index contributed by atoms with van der Waals surface area (Å²) in [5.41, 5.74) is 9.15. The summed E-state index contributed by atoms with van der Waals surface area (Å²) in [5.74, 6) is 2.60. The normalized spacial score (nSPS) is 11.2. The van der Waals surface area contributed by atoms with Gasteiger partial charge in [0.15, 0.2) is 0 Å². The molecule has 0 aliphatic rings. The van der Waals surface area contributed by atoms with Crippen LogP contribution < -0.4 is 4.74 Å². The van der Waals surface area contributed by atoms with Gasteiger partial charge in [-0.1, -0.05) is 38.1 Å². The van der Waals surface area contributed by atoms with Crippen molar-refractivity contribution in [1.82, 2.24) is 19.3 Å². The van der Waals surface area contributed by atoms with Crippen molar-refractivity contribution < 1.29 is 4.74 Å². The van der Waals surface area contributed by atoms with Gasteiger partial charge >= 0.3 is 0 Å². The summed E-state index contributed by atoms with van der Waals surface area (Å²) in [6.45, 7) is 10.2. The third kappa shape index (κ3) is 4.99. The van der Waals surface area contributed by atoms with Crippen LogP contribution in [0.2, 0.25) is 0 Å². The maximum atomic E-state index is 10.0. The Hall–Kier alpha value is -6.18. The Morgan fingerprint density at radius 3 is 2.21 bits per heavy atom. The molecule has 0 saturated heterocycles. The molecule has 228 valence electrons. The number of nitrogens with zero attached hydrogens (tertiary/aromatic N) is 6. The molecule has 7 heteroatoms. The number of nitriles is 2. The van der Waals surface area contributed by atoms with E-state index in [0.717, 1.165) is 50.0 Å². The van der Waals surface area contributed by atoms with Gasteiger partial charge < -0.3 is 4.74 Å². The molecule has 0 atom stereocenters. The van der Waals surface area contributed by atoms with E-state index >= 15 is 0 Å². The molecule has 4 aromatic carbocycles. The number of benzene rings is 4. The minimum atomic E-state index is 0.383. The van der Waals surface area contributed by atoms with Gasteiger partial charge in [0.05, 0.1) is 34.0 Å². The van der Waals surface area contributed by atoms with Crippen molar-refractivity contribution in [2.75, 3.05) is 0 Å². The zero-order valence-electron chi connectivity index (χ0n) is 26.9. The Kier molecular flexibility index (Phi) is 7.31. The number of hydrogen-bond acceptors (Lipinski definition) is 5. The molecule has 0 spiro atoms.